The molecule has 0 amide bonds. The number of ether oxygens (including phenoxy) is 2. The van der Waals surface area contributed by atoms with Gasteiger partial charge in [0.2, 0.25) is 0 Å². The molecule has 2 rings (SSSR count). The molecule has 2 fully saturated rings. The Morgan fingerprint density at radius 2 is 2.10 bits per heavy atom. The first-order chi connectivity index (χ1) is 9.28. The molecule has 0 aliphatic carbocycles. The van der Waals surface area contributed by atoms with Crippen LogP contribution in [-0.2, 0) is 24.1 Å². The van der Waals surface area contributed by atoms with Gasteiger partial charge in [-0.15, -0.1) is 0 Å². The molecule has 0 bridgehead atoms. The van der Waals surface area contributed by atoms with E-state index in [-0.39, 0.29) is 5.92 Å². The van der Waals surface area contributed by atoms with Crippen LogP contribution in [0, 0.1) is 5.92 Å². The van der Waals surface area contributed by atoms with E-state index in [0.717, 1.165) is 0 Å². The van der Waals surface area contributed by atoms with Gasteiger partial charge in [0.15, 0.2) is 0 Å². The number of carbonyl (C=O) groups is 1. The first kappa shape index (κ1) is 14.8. The number of hydrogen-bond donors (Lipinski definition) is 1. The summed E-state index contributed by atoms with van der Waals surface area (Å²) < 4.78 is 9.48. The molecule has 1 N–H and O–H groups in total. The van der Waals surface area contributed by atoms with Crippen molar-refractivity contribution in [3.63, 3.8) is 0 Å². The van der Waals surface area contributed by atoms with Crippen molar-refractivity contribution in [3.8, 4) is 0 Å². The highest BCUT2D eigenvalue weighted by Gasteiger charge is 2.59. The molecule has 114 valence electrons. The highest BCUT2D eigenvalue weighted by Crippen LogP contribution is 2.39. The smallest absolute Gasteiger partial charge is 0.428 e. The molecular formula is C10H17N3O7. The van der Waals surface area contributed by atoms with E-state index < -0.39 is 24.5 Å². The summed E-state index contributed by atoms with van der Waals surface area (Å²) in [4.78, 5) is 24.6. The molecule has 0 aromatic carbocycles. The van der Waals surface area contributed by atoms with Crippen LogP contribution in [0.4, 0.5) is 4.79 Å². The predicted octanol–water partition coefficient (Wildman–Crippen LogP) is 0.734. The van der Waals surface area contributed by atoms with Crippen molar-refractivity contribution in [2.24, 2.45) is 16.4 Å². The fourth-order valence-electron chi connectivity index (χ4n) is 1.39. The zero-order valence-electron chi connectivity index (χ0n) is 11.4. The molecule has 0 unspecified atom stereocenters. The SMILES string of the molecule is CC(C)(C)OC(=O)OCON=NN1CC(C2(O)OO2)C1. The van der Waals surface area contributed by atoms with Gasteiger partial charge in [-0.2, -0.15) is 9.78 Å². The lowest BCUT2D eigenvalue weighted by atomic mass is 10.0. The molecule has 2 aliphatic rings. The molecule has 2 aliphatic heterocycles. The Labute approximate surface area is 115 Å². The maximum absolute atomic E-state index is 11.1. The summed E-state index contributed by atoms with van der Waals surface area (Å²) in [6.07, 6.45) is -0.845. The molecule has 2 saturated heterocycles. The molecular weight excluding hydrogens is 274 g/mol. The minimum absolute atomic E-state index is 0.167. The standard InChI is InChI=1S/C10H17N3O7/c1-9(2,3)18-8(14)16-6-17-12-11-13-4-7(5-13)10(15)19-20-10/h7,15H,4-6H2,1-3H3. The van der Waals surface area contributed by atoms with Crippen LogP contribution in [0.1, 0.15) is 20.8 Å². The Balaban J connectivity index is 1.51. The number of rotatable bonds is 5. The second kappa shape index (κ2) is 5.38. The first-order valence-corrected chi connectivity index (χ1v) is 6.01. The van der Waals surface area contributed by atoms with Crippen molar-refractivity contribution in [1.82, 2.24) is 5.01 Å². The van der Waals surface area contributed by atoms with Gasteiger partial charge >= 0.3 is 12.1 Å². The molecule has 0 aromatic heterocycles. The highest BCUT2D eigenvalue weighted by atomic mass is 17.4. The summed E-state index contributed by atoms with van der Waals surface area (Å²) in [7, 11) is 0. The minimum atomic E-state index is -1.47. The lowest BCUT2D eigenvalue weighted by molar-refractivity contribution is -0.108. The molecule has 0 aromatic rings. The van der Waals surface area contributed by atoms with Gasteiger partial charge in [0.25, 0.3) is 6.79 Å². The third-order valence-electron chi connectivity index (χ3n) is 2.47. The van der Waals surface area contributed by atoms with E-state index in [0.29, 0.717) is 13.1 Å². The van der Waals surface area contributed by atoms with E-state index in [1.165, 1.54) is 5.01 Å². The Morgan fingerprint density at radius 3 is 2.65 bits per heavy atom. The maximum atomic E-state index is 11.1. The molecule has 20 heavy (non-hydrogen) atoms. The summed E-state index contributed by atoms with van der Waals surface area (Å²) in [5.41, 5.74) is -0.627. The Morgan fingerprint density at radius 1 is 1.45 bits per heavy atom. The summed E-state index contributed by atoms with van der Waals surface area (Å²) in [6.45, 7) is 5.61. The predicted molar refractivity (Wildman–Crippen MR) is 60.3 cm³/mol. The van der Waals surface area contributed by atoms with Crippen molar-refractivity contribution >= 4 is 6.16 Å². The molecule has 0 spiro atoms. The topological polar surface area (TPSA) is 118 Å². The molecule has 0 atom stereocenters. The maximum Gasteiger partial charge on any atom is 0.511 e. The number of aliphatic hydroxyl groups is 1. The number of carbonyl (C=O) groups excluding carboxylic acids is 1. The van der Waals surface area contributed by atoms with Crippen molar-refractivity contribution in [3.05, 3.63) is 0 Å². The van der Waals surface area contributed by atoms with E-state index in [1.54, 1.807) is 20.8 Å². The normalized spacial score (nSPS) is 21.5. The minimum Gasteiger partial charge on any atom is -0.428 e. The van der Waals surface area contributed by atoms with E-state index in [4.69, 9.17) is 4.74 Å². The van der Waals surface area contributed by atoms with Gasteiger partial charge in [-0.3, -0.25) is 5.01 Å². The average molecular weight is 291 g/mol. The monoisotopic (exact) mass is 291 g/mol. The van der Waals surface area contributed by atoms with E-state index >= 15 is 0 Å². The third-order valence-corrected chi connectivity index (χ3v) is 2.47. The van der Waals surface area contributed by atoms with E-state index in [9.17, 15) is 9.90 Å². The van der Waals surface area contributed by atoms with Crippen LogP contribution < -0.4 is 0 Å². The molecule has 0 radical (unpaired) electrons. The molecule has 0 saturated carbocycles. The van der Waals surface area contributed by atoms with Crippen LogP contribution >= 0.6 is 0 Å². The highest BCUT2D eigenvalue weighted by molar-refractivity contribution is 5.60. The Kier molecular flexibility index (Phi) is 3.97. The largest absolute Gasteiger partial charge is 0.511 e. The van der Waals surface area contributed by atoms with Gasteiger partial charge in [-0.05, 0) is 26.0 Å². The van der Waals surface area contributed by atoms with Gasteiger partial charge in [0.05, 0.1) is 19.0 Å². The fraction of sp³-hybridized carbons (Fsp3) is 0.900. The molecule has 10 nitrogen and oxygen atoms in total. The molecule has 10 heteroatoms. The van der Waals surface area contributed by atoms with Crippen LogP contribution in [-0.4, -0.2) is 47.7 Å². The fourth-order valence-corrected chi connectivity index (χ4v) is 1.39. The number of nitrogens with zero attached hydrogens (tertiary/aromatic N) is 3. The van der Waals surface area contributed by atoms with Crippen LogP contribution in [0.15, 0.2) is 10.5 Å². The van der Waals surface area contributed by atoms with Crippen molar-refractivity contribution < 1.29 is 34.0 Å². The third kappa shape index (κ3) is 4.18. The summed E-state index contributed by atoms with van der Waals surface area (Å²) in [5, 5.41) is 17.9. The zero-order valence-corrected chi connectivity index (χ0v) is 11.4. The van der Waals surface area contributed by atoms with Crippen LogP contribution in [0.25, 0.3) is 0 Å². The summed E-state index contributed by atoms with van der Waals surface area (Å²) in [5.74, 6) is -1.63. The van der Waals surface area contributed by atoms with Gasteiger partial charge in [-0.25, -0.2) is 4.79 Å². The van der Waals surface area contributed by atoms with E-state index in [2.05, 4.69) is 29.9 Å². The second-order valence-corrected chi connectivity index (χ2v) is 5.39. The van der Waals surface area contributed by atoms with Crippen LogP contribution in [0.5, 0.6) is 0 Å². The lowest BCUT2D eigenvalue weighted by Gasteiger charge is -2.34. The number of hydrogen-bond acceptors (Lipinski definition) is 9. The zero-order chi connectivity index (χ0) is 14.8. The average Bonchev–Trinajstić information content (AvgIpc) is 2.96. The van der Waals surface area contributed by atoms with Crippen LogP contribution in [0.2, 0.25) is 0 Å². The summed E-state index contributed by atoms with van der Waals surface area (Å²) >= 11 is 0. The van der Waals surface area contributed by atoms with Crippen molar-refractivity contribution in [2.45, 2.75) is 32.3 Å². The van der Waals surface area contributed by atoms with Gasteiger partial charge in [0.1, 0.15) is 5.60 Å². The van der Waals surface area contributed by atoms with Crippen LogP contribution in [0.3, 0.4) is 0 Å². The summed E-state index contributed by atoms with van der Waals surface area (Å²) in [6, 6.07) is 0. The van der Waals surface area contributed by atoms with Gasteiger partial charge in [-0.1, -0.05) is 0 Å². The second-order valence-electron chi connectivity index (χ2n) is 5.39. The van der Waals surface area contributed by atoms with Gasteiger partial charge < -0.3 is 19.4 Å². The lowest BCUT2D eigenvalue weighted by Crippen LogP contribution is -2.50. The van der Waals surface area contributed by atoms with E-state index in [1.807, 2.05) is 0 Å². The first-order valence-electron chi connectivity index (χ1n) is 6.01. The Bertz CT molecular complexity index is 385. The Hall–Kier alpha value is -1.65. The van der Waals surface area contributed by atoms with Crippen molar-refractivity contribution in [1.29, 1.82) is 0 Å². The quantitative estimate of drug-likeness (QED) is 0.150. The van der Waals surface area contributed by atoms with Gasteiger partial charge in [0, 0.05) is 5.28 Å². The molecule has 2 heterocycles. The van der Waals surface area contributed by atoms with Crippen molar-refractivity contribution in [2.75, 3.05) is 19.9 Å².